The molecule has 0 aliphatic carbocycles. The van der Waals surface area contributed by atoms with Crippen molar-refractivity contribution in [3.05, 3.63) is 12.3 Å². The van der Waals surface area contributed by atoms with Crippen molar-refractivity contribution in [2.24, 2.45) is 5.92 Å². The fourth-order valence-electron chi connectivity index (χ4n) is 2.24. The second-order valence-electron chi connectivity index (χ2n) is 4.67. The average Bonchev–Trinajstić information content (AvgIpc) is 2.32. The number of aromatic nitrogens is 2. The van der Waals surface area contributed by atoms with E-state index in [9.17, 15) is 0 Å². The van der Waals surface area contributed by atoms with Gasteiger partial charge in [0.1, 0.15) is 5.82 Å². The summed E-state index contributed by atoms with van der Waals surface area (Å²) in [6.07, 6.45) is 4.39. The molecular formula is C12H20N4. The molecule has 0 aromatic carbocycles. The van der Waals surface area contributed by atoms with Gasteiger partial charge >= 0.3 is 0 Å². The minimum Gasteiger partial charge on any atom is -0.357 e. The maximum absolute atomic E-state index is 4.50. The summed E-state index contributed by atoms with van der Waals surface area (Å²) in [5, 5.41) is 2.98. The monoisotopic (exact) mass is 220 g/mol. The van der Waals surface area contributed by atoms with E-state index < -0.39 is 0 Å². The van der Waals surface area contributed by atoms with Crippen LogP contribution in [-0.2, 0) is 0 Å². The van der Waals surface area contributed by atoms with Gasteiger partial charge in [-0.1, -0.05) is 6.92 Å². The third kappa shape index (κ3) is 2.26. The summed E-state index contributed by atoms with van der Waals surface area (Å²) in [6.45, 7) is 5.67. The van der Waals surface area contributed by atoms with Gasteiger partial charge in [-0.15, -0.1) is 0 Å². The van der Waals surface area contributed by atoms with E-state index >= 15 is 0 Å². The molecule has 1 aromatic heterocycles. The maximum Gasteiger partial charge on any atom is 0.224 e. The Hall–Kier alpha value is -1.32. The number of piperidine rings is 1. The highest BCUT2D eigenvalue weighted by molar-refractivity contribution is 5.43. The second-order valence-corrected chi connectivity index (χ2v) is 4.67. The summed E-state index contributed by atoms with van der Waals surface area (Å²) >= 11 is 0. The van der Waals surface area contributed by atoms with E-state index in [0.717, 1.165) is 18.3 Å². The van der Waals surface area contributed by atoms with Crippen LogP contribution in [0.4, 0.5) is 11.8 Å². The average molecular weight is 220 g/mol. The molecule has 0 spiro atoms. The van der Waals surface area contributed by atoms with Gasteiger partial charge in [0, 0.05) is 25.8 Å². The molecule has 1 N–H and O–H groups in total. The number of hydrogen-bond acceptors (Lipinski definition) is 4. The Bertz CT molecular complexity index is 353. The van der Waals surface area contributed by atoms with Crippen LogP contribution >= 0.6 is 0 Å². The Balaban J connectivity index is 2.20. The Morgan fingerprint density at radius 2 is 2.19 bits per heavy atom. The molecular weight excluding hydrogens is 200 g/mol. The molecule has 0 saturated carbocycles. The van der Waals surface area contributed by atoms with E-state index in [2.05, 4.69) is 34.0 Å². The molecule has 2 unspecified atom stereocenters. The first-order chi connectivity index (χ1) is 7.70. The number of hydrogen-bond donors (Lipinski definition) is 1. The first-order valence-electron chi connectivity index (χ1n) is 5.98. The molecule has 2 atom stereocenters. The zero-order valence-electron chi connectivity index (χ0n) is 10.3. The number of nitrogens with zero attached hydrogens (tertiary/aromatic N) is 3. The van der Waals surface area contributed by atoms with Gasteiger partial charge in [0.15, 0.2) is 0 Å². The van der Waals surface area contributed by atoms with Crippen LogP contribution in [0, 0.1) is 5.92 Å². The lowest BCUT2D eigenvalue weighted by atomic mass is 9.95. The molecule has 0 radical (unpaired) electrons. The summed E-state index contributed by atoms with van der Waals surface area (Å²) < 4.78 is 0. The molecule has 1 fully saturated rings. The van der Waals surface area contributed by atoms with Gasteiger partial charge in [0.05, 0.1) is 0 Å². The van der Waals surface area contributed by atoms with Crippen LogP contribution in [0.15, 0.2) is 12.3 Å². The van der Waals surface area contributed by atoms with Gasteiger partial charge in [-0.05, 0) is 31.7 Å². The summed E-state index contributed by atoms with van der Waals surface area (Å²) in [5.74, 6) is 2.49. The molecule has 1 aliphatic heterocycles. The third-order valence-electron chi connectivity index (χ3n) is 3.28. The number of rotatable bonds is 2. The fraction of sp³-hybridized carbons (Fsp3) is 0.667. The van der Waals surface area contributed by atoms with Gasteiger partial charge in [-0.25, -0.2) is 4.98 Å². The topological polar surface area (TPSA) is 41.1 Å². The van der Waals surface area contributed by atoms with Gasteiger partial charge in [0.2, 0.25) is 5.95 Å². The molecule has 4 nitrogen and oxygen atoms in total. The summed E-state index contributed by atoms with van der Waals surface area (Å²) in [6, 6.07) is 2.57. The zero-order valence-corrected chi connectivity index (χ0v) is 10.3. The zero-order chi connectivity index (χ0) is 11.5. The quantitative estimate of drug-likeness (QED) is 0.829. The fourth-order valence-corrected chi connectivity index (χ4v) is 2.24. The molecule has 0 bridgehead atoms. The van der Waals surface area contributed by atoms with Crippen molar-refractivity contribution in [2.45, 2.75) is 32.7 Å². The normalized spacial score (nSPS) is 25.6. The van der Waals surface area contributed by atoms with E-state index in [-0.39, 0.29) is 0 Å². The number of anilines is 2. The van der Waals surface area contributed by atoms with Crippen LogP contribution in [0.3, 0.4) is 0 Å². The van der Waals surface area contributed by atoms with E-state index in [4.69, 9.17) is 0 Å². The highest BCUT2D eigenvalue weighted by atomic mass is 15.2. The Morgan fingerprint density at radius 3 is 2.94 bits per heavy atom. The van der Waals surface area contributed by atoms with Crippen LogP contribution in [0.5, 0.6) is 0 Å². The van der Waals surface area contributed by atoms with E-state index in [0.29, 0.717) is 12.0 Å². The Morgan fingerprint density at radius 1 is 1.38 bits per heavy atom. The van der Waals surface area contributed by atoms with Gasteiger partial charge in [0.25, 0.3) is 0 Å². The first-order valence-corrected chi connectivity index (χ1v) is 5.98. The van der Waals surface area contributed by atoms with Crippen LogP contribution in [-0.4, -0.2) is 29.6 Å². The summed E-state index contributed by atoms with van der Waals surface area (Å²) in [4.78, 5) is 11.0. The second kappa shape index (κ2) is 4.68. The van der Waals surface area contributed by atoms with Crippen LogP contribution in [0.2, 0.25) is 0 Å². The van der Waals surface area contributed by atoms with Crippen molar-refractivity contribution >= 4 is 11.8 Å². The molecule has 1 aliphatic rings. The molecule has 0 amide bonds. The summed E-state index contributed by atoms with van der Waals surface area (Å²) in [5.41, 5.74) is 0. The SMILES string of the molecule is CNc1nccc(N2CC(C)CCC2C)n1. The Labute approximate surface area is 97.1 Å². The van der Waals surface area contributed by atoms with E-state index in [1.807, 2.05) is 19.3 Å². The third-order valence-corrected chi connectivity index (χ3v) is 3.28. The highest BCUT2D eigenvalue weighted by Crippen LogP contribution is 2.26. The van der Waals surface area contributed by atoms with Crippen molar-refractivity contribution in [2.75, 3.05) is 23.8 Å². The van der Waals surface area contributed by atoms with Crippen molar-refractivity contribution in [3.8, 4) is 0 Å². The lowest BCUT2D eigenvalue weighted by molar-refractivity contribution is 0.388. The minimum atomic E-state index is 0.579. The highest BCUT2D eigenvalue weighted by Gasteiger charge is 2.23. The Kier molecular flexibility index (Phi) is 3.27. The number of nitrogens with one attached hydrogen (secondary N) is 1. The van der Waals surface area contributed by atoms with Crippen molar-refractivity contribution in [3.63, 3.8) is 0 Å². The predicted octanol–water partition coefficient (Wildman–Crippen LogP) is 2.14. The summed E-state index contributed by atoms with van der Waals surface area (Å²) in [7, 11) is 1.85. The van der Waals surface area contributed by atoms with Gasteiger partial charge in [-0.3, -0.25) is 0 Å². The van der Waals surface area contributed by atoms with Crippen molar-refractivity contribution < 1.29 is 0 Å². The lowest BCUT2D eigenvalue weighted by Crippen LogP contribution is -2.41. The smallest absolute Gasteiger partial charge is 0.224 e. The van der Waals surface area contributed by atoms with Crippen molar-refractivity contribution in [1.29, 1.82) is 0 Å². The minimum absolute atomic E-state index is 0.579. The lowest BCUT2D eigenvalue weighted by Gasteiger charge is -2.37. The van der Waals surface area contributed by atoms with Crippen LogP contribution in [0.1, 0.15) is 26.7 Å². The van der Waals surface area contributed by atoms with E-state index in [1.54, 1.807) is 0 Å². The predicted molar refractivity (Wildman–Crippen MR) is 66.8 cm³/mol. The molecule has 1 saturated heterocycles. The molecule has 2 heterocycles. The van der Waals surface area contributed by atoms with Gasteiger partial charge < -0.3 is 10.2 Å². The van der Waals surface area contributed by atoms with Gasteiger partial charge in [-0.2, -0.15) is 4.98 Å². The molecule has 88 valence electrons. The van der Waals surface area contributed by atoms with Crippen molar-refractivity contribution in [1.82, 2.24) is 9.97 Å². The standard InChI is InChI=1S/C12H20N4/c1-9-4-5-10(2)16(8-9)11-6-7-14-12(13-3)15-11/h6-7,9-10H,4-5,8H2,1-3H3,(H,13,14,15). The first kappa shape index (κ1) is 11.2. The molecule has 1 aromatic rings. The molecule has 16 heavy (non-hydrogen) atoms. The molecule has 2 rings (SSSR count). The van der Waals surface area contributed by atoms with Crippen LogP contribution < -0.4 is 10.2 Å². The molecule has 4 heteroatoms. The largest absolute Gasteiger partial charge is 0.357 e. The maximum atomic E-state index is 4.50. The van der Waals surface area contributed by atoms with E-state index in [1.165, 1.54) is 12.8 Å². The van der Waals surface area contributed by atoms with Crippen LogP contribution in [0.25, 0.3) is 0 Å².